The van der Waals surface area contributed by atoms with Crippen LogP contribution in [-0.2, 0) is 0 Å². The molecule has 2 aromatic heterocycles. The molecule has 0 fully saturated rings. The van der Waals surface area contributed by atoms with Gasteiger partial charge in [-0.3, -0.25) is 10.3 Å². The van der Waals surface area contributed by atoms with Crippen molar-refractivity contribution in [2.75, 3.05) is 11.9 Å². The number of aromatic nitrogens is 2. The Morgan fingerprint density at radius 1 is 1.29 bits per heavy atom. The van der Waals surface area contributed by atoms with Gasteiger partial charge in [-0.1, -0.05) is 23.5 Å². The fourth-order valence-corrected chi connectivity index (χ4v) is 2.84. The molecule has 2 N–H and O–H groups in total. The number of fused-ring (bicyclic) bond motifs is 1. The maximum absolute atomic E-state index is 11.5. The summed E-state index contributed by atoms with van der Waals surface area (Å²) in [6.07, 6.45) is 3.57. The van der Waals surface area contributed by atoms with E-state index < -0.39 is 0 Å². The maximum atomic E-state index is 11.5. The summed E-state index contributed by atoms with van der Waals surface area (Å²) in [6.45, 7) is 2.46. The molecular formula is C15H14N4OS. The Labute approximate surface area is 126 Å². The first-order valence-electron chi connectivity index (χ1n) is 6.62. The molecule has 5 nitrogen and oxygen atoms in total. The van der Waals surface area contributed by atoms with Gasteiger partial charge >= 0.3 is 6.03 Å². The summed E-state index contributed by atoms with van der Waals surface area (Å²) in [5, 5.41) is 6.02. The van der Waals surface area contributed by atoms with Gasteiger partial charge in [-0.2, -0.15) is 0 Å². The molecule has 3 rings (SSSR count). The molecule has 3 aromatic rings. The van der Waals surface area contributed by atoms with Crippen LogP contribution < -0.4 is 10.6 Å². The monoisotopic (exact) mass is 298 g/mol. The lowest BCUT2D eigenvalue weighted by Crippen LogP contribution is -2.28. The molecule has 1 aromatic carbocycles. The molecule has 21 heavy (non-hydrogen) atoms. The minimum atomic E-state index is -0.232. The van der Waals surface area contributed by atoms with Gasteiger partial charge in [0.25, 0.3) is 0 Å². The van der Waals surface area contributed by atoms with Crippen molar-refractivity contribution in [1.29, 1.82) is 0 Å². The van der Waals surface area contributed by atoms with Crippen molar-refractivity contribution in [3.8, 4) is 11.1 Å². The average molecular weight is 298 g/mol. The zero-order valence-corrected chi connectivity index (χ0v) is 12.3. The van der Waals surface area contributed by atoms with Crippen molar-refractivity contribution in [3.05, 3.63) is 42.7 Å². The quantitative estimate of drug-likeness (QED) is 0.777. The Bertz CT molecular complexity index is 770. The lowest BCUT2D eigenvalue weighted by atomic mass is 10.1. The second kappa shape index (κ2) is 5.88. The number of carbonyl (C=O) groups is 1. The fourth-order valence-electron chi connectivity index (χ4n) is 2.00. The molecular weight excluding hydrogens is 284 g/mol. The number of thiazole rings is 1. The third kappa shape index (κ3) is 3.00. The second-order valence-electron chi connectivity index (χ2n) is 4.43. The Hall–Kier alpha value is -2.47. The number of carbonyl (C=O) groups excluding carboxylic acids is 1. The Kier molecular flexibility index (Phi) is 3.79. The van der Waals surface area contributed by atoms with Crippen LogP contribution in [0.5, 0.6) is 0 Å². The van der Waals surface area contributed by atoms with Crippen LogP contribution in [-0.4, -0.2) is 22.5 Å². The number of nitrogens with zero attached hydrogens (tertiary/aromatic N) is 2. The number of rotatable bonds is 3. The molecule has 0 aliphatic rings. The smallest absolute Gasteiger partial charge is 0.321 e. The van der Waals surface area contributed by atoms with E-state index in [-0.39, 0.29) is 6.03 Å². The van der Waals surface area contributed by atoms with Gasteiger partial charge in [0.15, 0.2) is 5.13 Å². The van der Waals surface area contributed by atoms with Gasteiger partial charge < -0.3 is 5.32 Å². The Balaban J connectivity index is 1.90. The van der Waals surface area contributed by atoms with E-state index >= 15 is 0 Å². The zero-order chi connectivity index (χ0) is 14.7. The SMILES string of the molecule is CCNC(=O)Nc1nc2cc(-c3cccnc3)ccc2s1. The largest absolute Gasteiger partial charge is 0.338 e. The van der Waals surface area contributed by atoms with Gasteiger partial charge in [0.1, 0.15) is 0 Å². The highest BCUT2D eigenvalue weighted by atomic mass is 32.1. The van der Waals surface area contributed by atoms with Crippen LogP contribution in [0.2, 0.25) is 0 Å². The molecule has 0 saturated heterocycles. The van der Waals surface area contributed by atoms with Gasteiger partial charge in [-0.05, 0) is 30.7 Å². The minimum Gasteiger partial charge on any atom is -0.338 e. The average Bonchev–Trinajstić information content (AvgIpc) is 2.89. The molecule has 2 amide bonds. The number of benzene rings is 1. The standard InChI is InChI=1S/C15H14N4OS/c1-2-17-14(20)19-15-18-12-8-10(5-6-13(12)21-15)11-4-3-7-16-9-11/h3-9H,2H2,1H3,(H2,17,18,19,20). The summed E-state index contributed by atoms with van der Waals surface area (Å²) in [5.74, 6) is 0. The van der Waals surface area contributed by atoms with Crippen molar-refractivity contribution in [2.24, 2.45) is 0 Å². The van der Waals surface area contributed by atoms with Crippen LogP contribution in [0.4, 0.5) is 9.93 Å². The molecule has 106 valence electrons. The summed E-state index contributed by atoms with van der Waals surface area (Å²) < 4.78 is 1.04. The first-order valence-corrected chi connectivity index (χ1v) is 7.44. The molecule has 0 aliphatic carbocycles. The number of hydrogen-bond donors (Lipinski definition) is 2. The van der Waals surface area contributed by atoms with Gasteiger partial charge in [0, 0.05) is 24.5 Å². The normalized spacial score (nSPS) is 10.5. The van der Waals surface area contributed by atoms with E-state index in [1.165, 1.54) is 11.3 Å². The predicted molar refractivity (Wildman–Crippen MR) is 85.5 cm³/mol. The molecule has 0 spiro atoms. The predicted octanol–water partition coefficient (Wildman–Crippen LogP) is 3.50. The van der Waals surface area contributed by atoms with E-state index in [4.69, 9.17) is 0 Å². The zero-order valence-electron chi connectivity index (χ0n) is 11.5. The van der Waals surface area contributed by atoms with E-state index in [1.807, 2.05) is 43.5 Å². The van der Waals surface area contributed by atoms with Crippen LogP contribution in [0.25, 0.3) is 21.3 Å². The van der Waals surface area contributed by atoms with Gasteiger partial charge in [0.05, 0.1) is 10.2 Å². The van der Waals surface area contributed by atoms with Crippen molar-refractivity contribution < 1.29 is 4.79 Å². The number of urea groups is 1. The van der Waals surface area contributed by atoms with Crippen LogP contribution in [0, 0.1) is 0 Å². The first-order chi connectivity index (χ1) is 10.3. The summed E-state index contributed by atoms with van der Waals surface area (Å²) in [4.78, 5) is 20.1. The Morgan fingerprint density at radius 3 is 2.95 bits per heavy atom. The molecule has 0 radical (unpaired) electrons. The van der Waals surface area contributed by atoms with Crippen LogP contribution in [0.15, 0.2) is 42.7 Å². The highest BCUT2D eigenvalue weighted by Crippen LogP contribution is 2.29. The van der Waals surface area contributed by atoms with Gasteiger partial charge in [-0.25, -0.2) is 9.78 Å². The van der Waals surface area contributed by atoms with Crippen LogP contribution in [0.1, 0.15) is 6.92 Å². The van der Waals surface area contributed by atoms with Crippen LogP contribution >= 0.6 is 11.3 Å². The van der Waals surface area contributed by atoms with Gasteiger partial charge in [-0.15, -0.1) is 0 Å². The van der Waals surface area contributed by atoms with Gasteiger partial charge in [0.2, 0.25) is 0 Å². The Morgan fingerprint density at radius 2 is 2.19 bits per heavy atom. The number of anilines is 1. The molecule has 6 heteroatoms. The summed E-state index contributed by atoms with van der Waals surface area (Å²) in [7, 11) is 0. The second-order valence-corrected chi connectivity index (χ2v) is 5.46. The third-order valence-electron chi connectivity index (χ3n) is 2.94. The number of pyridine rings is 1. The van der Waals surface area contributed by atoms with Crippen molar-refractivity contribution in [2.45, 2.75) is 6.92 Å². The molecule has 0 saturated carbocycles. The van der Waals surface area contributed by atoms with Crippen molar-refractivity contribution in [3.63, 3.8) is 0 Å². The van der Waals surface area contributed by atoms with E-state index in [0.29, 0.717) is 11.7 Å². The summed E-state index contributed by atoms with van der Waals surface area (Å²) in [5.41, 5.74) is 2.98. The lowest BCUT2D eigenvalue weighted by Gasteiger charge is -2.00. The van der Waals surface area contributed by atoms with Crippen molar-refractivity contribution in [1.82, 2.24) is 15.3 Å². The molecule has 0 aliphatic heterocycles. The molecule has 0 unspecified atom stereocenters. The first kappa shape index (κ1) is 13.5. The summed E-state index contributed by atoms with van der Waals surface area (Å²) in [6, 6.07) is 9.73. The van der Waals surface area contributed by atoms with Crippen LogP contribution in [0.3, 0.4) is 0 Å². The molecule has 0 atom stereocenters. The van der Waals surface area contributed by atoms with E-state index in [2.05, 4.69) is 20.6 Å². The summed E-state index contributed by atoms with van der Waals surface area (Å²) >= 11 is 1.46. The molecule has 2 heterocycles. The van der Waals surface area contributed by atoms with Crippen molar-refractivity contribution >= 4 is 32.7 Å². The van der Waals surface area contributed by atoms with E-state index in [9.17, 15) is 4.79 Å². The number of hydrogen-bond acceptors (Lipinski definition) is 4. The highest BCUT2D eigenvalue weighted by molar-refractivity contribution is 7.22. The fraction of sp³-hybridized carbons (Fsp3) is 0.133. The van der Waals surface area contributed by atoms with E-state index in [1.54, 1.807) is 6.20 Å². The third-order valence-corrected chi connectivity index (χ3v) is 3.89. The number of nitrogens with one attached hydrogen (secondary N) is 2. The highest BCUT2D eigenvalue weighted by Gasteiger charge is 2.08. The topological polar surface area (TPSA) is 66.9 Å². The number of amides is 2. The molecule has 0 bridgehead atoms. The lowest BCUT2D eigenvalue weighted by molar-refractivity contribution is 0.252. The minimum absolute atomic E-state index is 0.232. The van der Waals surface area contributed by atoms with E-state index in [0.717, 1.165) is 21.3 Å². The maximum Gasteiger partial charge on any atom is 0.321 e.